The third kappa shape index (κ3) is 2.94. The minimum Gasteiger partial charge on any atom is -0.495 e. The maximum absolute atomic E-state index is 14.2. The lowest BCUT2D eigenvalue weighted by Gasteiger charge is -2.08. The predicted molar refractivity (Wildman–Crippen MR) is 80.6 cm³/mol. The van der Waals surface area contributed by atoms with Crippen LogP contribution in [0.5, 0.6) is 5.75 Å². The number of H-pyrrole nitrogens is 1. The second-order valence-electron chi connectivity index (χ2n) is 4.55. The van der Waals surface area contributed by atoms with Crippen molar-refractivity contribution in [3.63, 3.8) is 0 Å². The fraction of sp³-hybridized carbons (Fsp3) is 0.0667. The van der Waals surface area contributed by atoms with Gasteiger partial charge in [-0.15, -0.1) is 0 Å². The number of hydrogen-bond acceptors (Lipinski definition) is 6. The number of nitrogens with zero attached hydrogens (tertiary/aromatic N) is 4. The Morgan fingerprint density at radius 3 is 2.65 bits per heavy atom. The molecule has 2 heterocycles. The van der Waals surface area contributed by atoms with Crippen LogP contribution in [0.15, 0.2) is 36.9 Å². The van der Waals surface area contributed by atoms with Crippen LogP contribution in [0.2, 0.25) is 0 Å². The summed E-state index contributed by atoms with van der Waals surface area (Å²) in [6.07, 6.45) is 6.21. The summed E-state index contributed by atoms with van der Waals surface area (Å²) < 4.78 is 19.2. The Kier molecular flexibility index (Phi) is 3.84. The monoisotopic (exact) mass is 310 g/mol. The number of nitrogens with one attached hydrogen (secondary N) is 2. The summed E-state index contributed by atoms with van der Waals surface area (Å²) in [4.78, 5) is 8.27. The van der Waals surface area contributed by atoms with E-state index in [1.165, 1.54) is 25.6 Å². The fourth-order valence-corrected chi connectivity index (χ4v) is 2.01. The summed E-state index contributed by atoms with van der Waals surface area (Å²) in [5.41, 5.74) is 1.58. The molecule has 8 heteroatoms. The number of nitriles is 1. The van der Waals surface area contributed by atoms with E-state index in [-0.39, 0.29) is 11.1 Å². The first-order valence-corrected chi connectivity index (χ1v) is 6.57. The van der Waals surface area contributed by atoms with Crippen molar-refractivity contribution >= 4 is 11.6 Å². The van der Waals surface area contributed by atoms with Crippen LogP contribution in [-0.4, -0.2) is 27.3 Å². The smallest absolute Gasteiger partial charge is 0.227 e. The largest absolute Gasteiger partial charge is 0.495 e. The van der Waals surface area contributed by atoms with E-state index >= 15 is 0 Å². The normalized spacial score (nSPS) is 10.1. The van der Waals surface area contributed by atoms with E-state index in [0.717, 1.165) is 6.07 Å². The van der Waals surface area contributed by atoms with Gasteiger partial charge in [-0.25, -0.2) is 14.4 Å². The van der Waals surface area contributed by atoms with E-state index in [4.69, 9.17) is 10.00 Å². The zero-order valence-corrected chi connectivity index (χ0v) is 12.0. The van der Waals surface area contributed by atoms with Crippen LogP contribution < -0.4 is 10.1 Å². The van der Waals surface area contributed by atoms with Crippen molar-refractivity contribution < 1.29 is 9.13 Å². The van der Waals surface area contributed by atoms with Crippen molar-refractivity contribution in [1.82, 2.24) is 20.2 Å². The second-order valence-corrected chi connectivity index (χ2v) is 4.55. The highest BCUT2D eigenvalue weighted by atomic mass is 19.1. The Labute approximate surface area is 130 Å². The number of ether oxygens (including phenoxy) is 1. The average molecular weight is 310 g/mol. The van der Waals surface area contributed by atoms with Gasteiger partial charge in [0.25, 0.3) is 0 Å². The van der Waals surface area contributed by atoms with Crippen LogP contribution in [0.3, 0.4) is 0 Å². The molecule has 0 atom stereocenters. The minimum absolute atomic E-state index is 0.132. The molecule has 0 radical (unpaired) electrons. The van der Waals surface area contributed by atoms with Crippen LogP contribution in [-0.2, 0) is 0 Å². The molecular formula is C15H11FN6O. The topological polar surface area (TPSA) is 99.5 Å². The minimum atomic E-state index is -0.540. The number of hydrogen-bond donors (Lipinski definition) is 2. The van der Waals surface area contributed by atoms with Crippen molar-refractivity contribution in [3.8, 4) is 22.9 Å². The summed E-state index contributed by atoms with van der Waals surface area (Å²) >= 11 is 0. The lowest BCUT2D eigenvalue weighted by Crippen LogP contribution is -1.97. The third-order valence-electron chi connectivity index (χ3n) is 3.13. The van der Waals surface area contributed by atoms with E-state index in [9.17, 15) is 4.39 Å². The maximum atomic E-state index is 14.2. The fourth-order valence-electron chi connectivity index (χ4n) is 2.01. The molecule has 0 spiro atoms. The Hall–Kier alpha value is -3.47. The Morgan fingerprint density at radius 1 is 1.26 bits per heavy atom. The summed E-state index contributed by atoms with van der Waals surface area (Å²) in [7, 11) is 1.42. The molecule has 3 aromatic rings. The van der Waals surface area contributed by atoms with E-state index < -0.39 is 5.82 Å². The van der Waals surface area contributed by atoms with E-state index in [1.807, 2.05) is 6.07 Å². The maximum Gasteiger partial charge on any atom is 0.227 e. The van der Waals surface area contributed by atoms with Crippen molar-refractivity contribution in [2.75, 3.05) is 12.4 Å². The van der Waals surface area contributed by atoms with Crippen LogP contribution in [0.1, 0.15) is 5.56 Å². The zero-order chi connectivity index (χ0) is 16.2. The molecule has 0 unspecified atom stereocenters. The molecule has 0 bridgehead atoms. The third-order valence-corrected chi connectivity index (χ3v) is 3.13. The molecule has 114 valence electrons. The molecule has 0 aliphatic carbocycles. The molecule has 0 saturated carbocycles. The number of anilines is 2. The highest BCUT2D eigenvalue weighted by molar-refractivity contribution is 5.67. The summed E-state index contributed by atoms with van der Waals surface area (Å²) in [6, 6.07) is 4.47. The molecule has 0 amide bonds. The molecule has 23 heavy (non-hydrogen) atoms. The highest BCUT2D eigenvalue weighted by Gasteiger charge is 2.13. The number of aromatic amines is 1. The van der Waals surface area contributed by atoms with E-state index in [0.29, 0.717) is 22.9 Å². The van der Waals surface area contributed by atoms with Crippen molar-refractivity contribution in [2.24, 2.45) is 0 Å². The first-order chi connectivity index (χ1) is 11.2. The summed E-state index contributed by atoms with van der Waals surface area (Å²) in [6.45, 7) is 0. The van der Waals surface area contributed by atoms with Crippen LogP contribution in [0, 0.1) is 17.1 Å². The molecule has 3 rings (SSSR count). The van der Waals surface area contributed by atoms with Gasteiger partial charge in [0, 0.05) is 29.7 Å². The van der Waals surface area contributed by atoms with Crippen LogP contribution in [0.25, 0.3) is 11.1 Å². The quantitative estimate of drug-likeness (QED) is 0.768. The van der Waals surface area contributed by atoms with Gasteiger partial charge in [-0.2, -0.15) is 10.4 Å². The average Bonchev–Trinajstić information content (AvgIpc) is 3.08. The van der Waals surface area contributed by atoms with Crippen molar-refractivity contribution in [2.45, 2.75) is 0 Å². The number of halogens is 1. The molecule has 0 fully saturated rings. The molecule has 7 nitrogen and oxygen atoms in total. The zero-order valence-electron chi connectivity index (χ0n) is 12.0. The lowest BCUT2D eigenvalue weighted by atomic mass is 10.1. The Bertz CT molecular complexity index is 855. The van der Waals surface area contributed by atoms with Gasteiger partial charge in [-0.3, -0.25) is 5.10 Å². The van der Waals surface area contributed by atoms with Gasteiger partial charge in [0.15, 0.2) is 0 Å². The second kappa shape index (κ2) is 6.11. The molecule has 0 saturated heterocycles. The van der Waals surface area contributed by atoms with E-state index in [1.54, 1.807) is 12.4 Å². The number of aromatic nitrogens is 4. The van der Waals surface area contributed by atoms with Crippen molar-refractivity contribution in [1.29, 1.82) is 5.26 Å². The van der Waals surface area contributed by atoms with Gasteiger partial charge in [0.05, 0.1) is 24.6 Å². The van der Waals surface area contributed by atoms with Gasteiger partial charge in [0.1, 0.15) is 17.6 Å². The standard InChI is InChI=1S/C15H11FN6O/c1-23-14-3-12(13(16)2-9(14)4-17)10-5-18-15(19-6-10)22-11-7-20-21-8-11/h2-3,5-8H,1H3,(H,20,21)(H,18,19,22). The van der Waals surface area contributed by atoms with Gasteiger partial charge in [0.2, 0.25) is 5.95 Å². The van der Waals surface area contributed by atoms with Crippen LogP contribution in [0.4, 0.5) is 16.0 Å². The molecule has 1 aromatic carbocycles. The molecule has 0 aliphatic rings. The molecule has 0 aliphatic heterocycles. The summed E-state index contributed by atoms with van der Waals surface area (Å²) in [5, 5.41) is 18.4. The van der Waals surface area contributed by atoms with Gasteiger partial charge in [-0.1, -0.05) is 0 Å². The van der Waals surface area contributed by atoms with Crippen LogP contribution >= 0.6 is 0 Å². The number of methoxy groups -OCH3 is 1. The van der Waals surface area contributed by atoms with Gasteiger partial charge >= 0.3 is 0 Å². The van der Waals surface area contributed by atoms with Gasteiger partial charge in [-0.05, 0) is 12.1 Å². The van der Waals surface area contributed by atoms with Crippen molar-refractivity contribution in [3.05, 3.63) is 48.3 Å². The lowest BCUT2D eigenvalue weighted by molar-refractivity contribution is 0.412. The molecular weight excluding hydrogens is 299 g/mol. The van der Waals surface area contributed by atoms with E-state index in [2.05, 4.69) is 25.5 Å². The number of rotatable bonds is 4. The highest BCUT2D eigenvalue weighted by Crippen LogP contribution is 2.29. The SMILES string of the molecule is COc1cc(-c2cnc(Nc3cn[nH]c3)nc2)c(F)cc1C#N. The number of benzene rings is 1. The van der Waals surface area contributed by atoms with Gasteiger partial charge < -0.3 is 10.1 Å². The summed E-state index contributed by atoms with van der Waals surface area (Å²) in [5.74, 6) is 0.113. The first kappa shape index (κ1) is 14.5. The Morgan fingerprint density at radius 2 is 2.04 bits per heavy atom. The molecule has 2 aromatic heterocycles. The first-order valence-electron chi connectivity index (χ1n) is 6.57. The predicted octanol–water partition coefficient (Wildman–Crippen LogP) is 2.63. The Balaban J connectivity index is 1.91. The molecule has 2 N–H and O–H groups in total.